The monoisotopic (exact) mass is 278 g/mol. The van der Waals surface area contributed by atoms with Crippen LogP contribution in [0.5, 0.6) is 0 Å². The van der Waals surface area contributed by atoms with Gasteiger partial charge in [-0.05, 0) is 38.0 Å². The second-order valence-corrected chi connectivity index (χ2v) is 6.22. The van der Waals surface area contributed by atoms with Gasteiger partial charge < -0.3 is 14.9 Å². The quantitative estimate of drug-likeness (QED) is 0.787. The van der Waals surface area contributed by atoms with E-state index >= 15 is 0 Å². The number of urea groups is 1. The number of carboxylic acid groups (broad SMARTS) is 1. The first kappa shape index (κ1) is 13.5. The maximum Gasteiger partial charge on any atom is 0.320 e. The normalized spacial score (nSPS) is 32.5. The van der Waals surface area contributed by atoms with E-state index in [-0.39, 0.29) is 30.5 Å². The van der Waals surface area contributed by atoms with Crippen LogP contribution in [0, 0.1) is 5.92 Å². The summed E-state index contributed by atoms with van der Waals surface area (Å²) >= 11 is 0. The molecule has 0 aliphatic carbocycles. The fraction of sp³-hybridized carbons (Fsp3) is 0.733. The van der Waals surface area contributed by atoms with Crippen LogP contribution in [0.2, 0.25) is 0 Å². The molecular formula is C15H22N2O3. The Morgan fingerprint density at radius 1 is 1.15 bits per heavy atom. The molecule has 110 valence electrons. The zero-order chi connectivity index (χ0) is 14.1. The number of amides is 2. The molecule has 2 atom stereocenters. The Morgan fingerprint density at radius 3 is 2.40 bits per heavy atom. The summed E-state index contributed by atoms with van der Waals surface area (Å²) in [5.74, 6) is -0.467. The summed E-state index contributed by atoms with van der Waals surface area (Å²) < 4.78 is 0. The summed E-state index contributed by atoms with van der Waals surface area (Å²) in [6.45, 7) is 1.52. The van der Waals surface area contributed by atoms with Crippen molar-refractivity contribution in [1.29, 1.82) is 0 Å². The van der Waals surface area contributed by atoms with Gasteiger partial charge in [0.05, 0.1) is 0 Å². The Hall–Kier alpha value is -1.52. The van der Waals surface area contributed by atoms with Crippen LogP contribution >= 0.6 is 0 Å². The molecule has 5 heteroatoms. The van der Waals surface area contributed by atoms with Gasteiger partial charge in [-0.2, -0.15) is 0 Å². The minimum absolute atomic E-state index is 0.163. The van der Waals surface area contributed by atoms with Gasteiger partial charge in [0.25, 0.3) is 0 Å². The standard InChI is InChI=1S/C15H22N2O3/c18-14(19)10-11-8-12-4-5-13(9-11)17(12)15(20)16-6-2-1-3-7-16/h1-2,11-13H,3-10H2,(H,18,19). The lowest BCUT2D eigenvalue weighted by molar-refractivity contribution is -0.138. The topological polar surface area (TPSA) is 60.9 Å². The molecule has 3 aliphatic heterocycles. The molecule has 0 aromatic heterocycles. The molecule has 5 nitrogen and oxygen atoms in total. The largest absolute Gasteiger partial charge is 0.481 e. The Labute approximate surface area is 119 Å². The van der Waals surface area contributed by atoms with Crippen molar-refractivity contribution in [1.82, 2.24) is 9.80 Å². The van der Waals surface area contributed by atoms with E-state index < -0.39 is 5.97 Å². The highest BCUT2D eigenvalue weighted by molar-refractivity contribution is 5.76. The summed E-state index contributed by atoms with van der Waals surface area (Å²) in [4.78, 5) is 27.5. The molecule has 20 heavy (non-hydrogen) atoms. The maximum absolute atomic E-state index is 12.6. The van der Waals surface area contributed by atoms with Gasteiger partial charge in [-0.15, -0.1) is 0 Å². The molecule has 3 aliphatic rings. The van der Waals surface area contributed by atoms with Gasteiger partial charge in [0.1, 0.15) is 0 Å². The van der Waals surface area contributed by atoms with E-state index in [1.54, 1.807) is 0 Å². The Bertz CT molecular complexity index is 421. The number of fused-ring (bicyclic) bond motifs is 2. The van der Waals surface area contributed by atoms with Gasteiger partial charge in [0.2, 0.25) is 0 Å². The number of rotatable bonds is 2. The molecule has 0 aromatic rings. The molecule has 3 heterocycles. The molecule has 2 unspecified atom stereocenters. The molecule has 2 saturated heterocycles. The molecular weight excluding hydrogens is 256 g/mol. The summed E-state index contributed by atoms with van der Waals surface area (Å²) in [7, 11) is 0. The predicted molar refractivity (Wildman–Crippen MR) is 74.4 cm³/mol. The van der Waals surface area contributed by atoms with Crippen molar-refractivity contribution < 1.29 is 14.7 Å². The van der Waals surface area contributed by atoms with Crippen LogP contribution in [0.1, 0.15) is 38.5 Å². The second-order valence-electron chi connectivity index (χ2n) is 6.22. The van der Waals surface area contributed by atoms with Crippen LogP contribution in [0.4, 0.5) is 4.79 Å². The number of carboxylic acids is 1. The van der Waals surface area contributed by atoms with Crippen LogP contribution in [0.15, 0.2) is 12.2 Å². The predicted octanol–water partition coefficient (Wildman–Crippen LogP) is 2.09. The van der Waals surface area contributed by atoms with E-state index in [0.29, 0.717) is 6.54 Å². The summed E-state index contributed by atoms with van der Waals surface area (Å²) in [5, 5.41) is 8.94. The zero-order valence-electron chi connectivity index (χ0n) is 11.7. The lowest BCUT2D eigenvalue weighted by Crippen LogP contribution is -2.53. The van der Waals surface area contributed by atoms with Gasteiger partial charge in [-0.25, -0.2) is 4.79 Å². The van der Waals surface area contributed by atoms with Crippen molar-refractivity contribution in [3.05, 3.63) is 12.2 Å². The van der Waals surface area contributed by atoms with Gasteiger partial charge in [0.15, 0.2) is 0 Å². The van der Waals surface area contributed by atoms with Crippen LogP contribution in [-0.4, -0.2) is 52.1 Å². The first-order valence-corrected chi connectivity index (χ1v) is 7.59. The maximum atomic E-state index is 12.6. The van der Waals surface area contributed by atoms with E-state index in [1.165, 1.54) is 0 Å². The number of piperidine rings is 1. The number of hydrogen-bond acceptors (Lipinski definition) is 2. The molecule has 0 radical (unpaired) electrons. The van der Waals surface area contributed by atoms with E-state index in [4.69, 9.17) is 5.11 Å². The summed E-state index contributed by atoms with van der Waals surface area (Å²) in [5.41, 5.74) is 0. The third-order valence-electron chi connectivity index (χ3n) is 4.84. The molecule has 2 fully saturated rings. The first-order valence-electron chi connectivity index (χ1n) is 7.59. The molecule has 0 saturated carbocycles. The number of hydrogen-bond donors (Lipinski definition) is 1. The highest BCUT2D eigenvalue weighted by Gasteiger charge is 2.44. The van der Waals surface area contributed by atoms with E-state index in [9.17, 15) is 9.59 Å². The Kier molecular flexibility index (Phi) is 3.68. The lowest BCUT2D eigenvalue weighted by Gasteiger charge is -2.41. The van der Waals surface area contributed by atoms with E-state index in [0.717, 1.165) is 38.6 Å². The lowest BCUT2D eigenvalue weighted by atomic mass is 9.88. The van der Waals surface area contributed by atoms with E-state index in [2.05, 4.69) is 17.1 Å². The average Bonchev–Trinajstić information content (AvgIpc) is 2.70. The number of aliphatic carboxylic acids is 1. The zero-order valence-corrected chi connectivity index (χ0v) is 11.7. The number of carbonyl (C=O) groups excluding carboxylic acids is 1. The Balaban J connectivity index is 1.66. The molecule has 2 amide bonds. The van der Waals surface area contributed by atoms with Crippen molar-refractivity contribution in [3.63, 3.8) is 0 Å². The van der Waals surface area contributed by atoms with Crippen molar-refractivity contribution in [2.45, 2.75) is 50.6 Å². The van der Waals surface area contributed by atoms with Gasteiger partial charge >= 0.3 is 12.0 Å². The number of carbonyl (C=O) groups is 2. The second kappa shape index (κ2) is 5.46. The van der Waals surface area contributed by atoms with Crippen molar-refractivity contribution >= 4 is 12.0 Å². The highest BCUT2D eigenvalue weighted by atomic mass is 16.4. The minimum atomic E-state index is -0.713. The minimum Gasteiger partial charge on any atom is -0.481 e. The smallest absolute Gasteiger partial charge is 0.320 e. The van der Waals surface area contributed by atoms with Crippen molar-refractivity contribution in [2.24, 2.45) is 5.92 Å². The third-order valence-corrected chi connectivity index (χ3v) is 4.84. The van der Waals surface area contributed by atoms with Gasteiger partial charge in [0, 0.05) is 31.6 Å². The fourth-order valence-electron chi connectivity index (χ4n) is 3.99. The molecule has 1 N–H and O–H groups in total. The van der Waals surface area contributed by atoms with Crippen LogP contribution in [0.25, 0.3) is 0 Å². The van der Waals surface area contributed by atoms with Crippen molar-refractivity contribution in [2.75, 3.05) is 13.1 Å². The van der Waals surface area contributed by atoms with E-state index in [1.807, 2.05) is 4.90 Å². The third kappa shape index (κ3) is 2.53. The molecule has 0 aromatic carbocycles. The molecule has 3 rings (SSSR count). The van der Waals surface area contributed by atoms with Gasteiger partial charge in [-0.3, -0.25) is 4.79 Å². The van der Waals surface area contributed by atoms with Crippen molar-refractivity contribution in [3.8, 4) is 0 Å². The summed E-state index contributed by atoms with van der Waals surface area (Å²) in [6, 6.07) is 0.684. The average molecular weight is 278 g/mol. The van der Waals surface area contributed by atoms with Gasteiger partial charge in [-0.1, -0.05) is 12.2 Å². The Morgan fingerprint density at radius 2 is 1.85 bits per heavy atom. The van der Waals surface area contributed by atoms with Crippen LogP contribution in [0.3, 0.4) is 0 Å². The number of nitrogens with zero attached hydrogens (tertiary/aromatic N) is 2. The van der Waals surface area contributed by atoms with Crippen LogP contribution in [-0.2, 0) is 4.79 Å². The van der Waals surface area contributed by atoms with Crippen LogP contribution < -0.4 is 0 Å². The molecule has 2 bridgehead atoms. The fourth-order valence-corrected chi connectivity index (χ4v) is 3.99. The highest BCUT2D eigenvalue weighted by Crippen LogP contribution is 2.40. The molecule has 0 spiro atoms. The summed E-state index contributed by atoms with van der Waals surface area (Å²) in [6.07, 6.45) is 9.17. The SMILES string of the molecule is O=C(O)CC1CC2CCC(C1)N2C(=O)N1CC=CCC1. The first-order chi connectivity index (χ1) is 9.65.